The average Bonchev–Trinajstić information content (AvgIpc) is 3.96. The second-order valence-electron chi connectivity index (χ2n) is 14.7. The Morgan fingerprint density at radius 2 is 1.00 bits per heavy atom. The topological polar surface area (TPSA) is 66.0 Å². The lowest BCUT2D eigenvalue weighted by Gasteiger charge is -2.13. The molecule has 0 radical (unpaired) electrons. The second kappa shape index (κ2) is 12.8. The predicted molar refractivity (Wildman–Crippen MR) is 238 cm³/mol. The fraction of sp³-hybridized carbons (Fsp3) is 0. The van der Waals surface area contributed by atoms with Crippen LogP contribution < -0.4 is 0 Å². The van der Waals surface area contributed by atoms with Gasteiger partial charge in [-0.15, -0.1) is 0 Å². The summed E-state index contributed by atoms with van der Waals surface area (Å²) in [5, 5.41) is 6.62. The molecule has 4 heterocycles. The lowest BCUT2D eigenvalue weighted by molar-refractivity contribution is 0.669. The van der Waals surface area contributed by atoms with E-state index < -0.39 is 0 Å². The van der Waals surface area contributed by atoms with Crippen molar-refractivity contribution in [3.8, 4) is 45.5 Å². The third-order valence-electron chi connectivity index (χ3n) is 11.4. The standard InChI is InChI=1S/C52H30N6O/c1-53-41-30-33(51-54-50(32-14-4-2-5-15-32)55-52(56-51)34-24-26-38-37-19-10-13-23-46(37)59-47(38)31-34)25-28-44(41)58-42-21-11-8-18-36(42)39-27-29-45-48(49(39)58)40-20-9-12-22-43(40)57(45)35-16-6-3-7-17-35/h2-31H. The van der Waals surface area contributed by atoms with Crippen molar-refractivity contribution in [2.45, 2.75) is 0 Å². The molecule has 0 fully saturated rings. The number of rotatable bonds is 5. The van der Waals surface area contributed by atoms with Gasteiger partial charge in [-0.2, -0.15) is 0 Å². The molecule has 8 aromatic carbocycles. The Morgan fingerprint density at radius 3 is 1.76 bits per heavy atom. The number of hydrogen-bond acceptors (Lipinski definition) is 4. The van der Waals surface area contributed by atoms with Crippen molar-refractivity contribution < 1.29 is 4.42 Å². The Kier molecular flexibility index (Phi) is 7.16. The molecule has 7 nitrogen and oxygen atoms in total. The molecule has 0 atom stereocenters. The van der Waals surface area contributed by atoms with E-state index in [-0.39, 0.29) is 0 Å². The molecule has 0 amide bonds. The molecule has 59 heavy (non-hydrogen) atoms. The fourth-order valence-electron chi connectivity index (χ4n) is 8.77. The lowest BCUT2D eigenvalue weighted by atomic mass is 10.1. The molecular weight excluding hydrogens is 725 g/mol. The number of benzene rings is 8. The lowest BCUT2D eigenvalue weighted by Crippen LogP contribution is -2.01. The Balaban J connectivity index is 1.08. The average molecular weight is 755 g/mol. The first-order valence-corrected chi connectivity index (χ1v) is 19.5. The van der Waals surface area contributed by atoms with Gasteiger partial charge in [0.05, 0.1) is 34.3 Å². The summed E-state index contributed by atoms with van der Waals surface area (Å²) in [6, 6.07) is 62.0. The molecule has 0 spiro atoms. The first kappa shape index (κ1) is 32.9. The summed E-state index contributed by atoms with van der Waals surface area (Å²) < 4.78 is 10.8. The highest BCUT2D eigenvalue weighted by Gasteiger charge is 2.23. The third kappa shape index (κ3) is 5.04. The number of nitrogens with zero attached hydrogens (tertiary/aromatic N) is 6. The van der Waals surface area contributed by atoms with Crippen molar-refractivity contribution in [1.82, 2.24) is 24.1 Å². The van der Waals surface area contributed by atoms with E-state index in [1.165, 1.54) is 0 Å². The van der Waals surface area contributed by atoms with Crippen LogP contribution in [0.5, 0.6) is 0 Å². The van der Waals surface area contributed by atoms with Crippen molar-refractivity contribution in [3.63, 3.8) is 0 Å². The first-order chi connectivity index (χ1) is 29.2. The number of fused-ring (bicyclic) bond motifs is 10. The summed E-state index contributed by atoms with van der Waals surface area (Å²) in [5.74, 6) is 1.54. The van der Waals surface area contributed by atoms with Crippen molar-refractivity contribution >= 4 is 71.2 Å². The number of aromatic nitrogens is 5. The highest BCUT2D eigenvalue weighted by Crippen LogP contribution is 2.44. The van der Waals surface area contributed by atoms with Crippen molar-refractivity contribution in [2.75, 3.05) is 0 Å². The minimum atomic E-state index is 0.477. The van der Waals surface area contributed by atoms with Gasteiger partial charge in [-0.1, -0.05) is 121 Å². The van der Waals surface area contributed by atoms with Crippen LogP contribution in [0.15, 0.2) is 186 Å². The summed E-state index contributed by atoms with van der Waals surface area (Å²) in [7, 11) is 0. The molecule has 0 saturated heterocycles. The van der Waals surface area contributed by atoms with Gasteiger partial charge >= 0.3 is 0 Å². The second-order valence-corrected chi connectivity index (χ2v) is 14.7. The zero-order valence-corrected chi connectivity index (χ0v) is 31.4. The zero-order chi connectivity index (χ0) is 39.0. The molecule has 12 rings (SSSR count). The minimum absolute atomic E-state index is 0.477. The van der Waals surface area contributed by atoms with Gasteiger partial charge in [-0.25, -0.2) is 19.8 Å². The fourth-order valence-corrected chi connectivity index (χ4v) is 8.77. The molecule has 4 aromatic heterocycles. The van der Waals surface area contributed by atoms with E-state index in [9.17, 15) is 0 Å². The van der Waals surface area contributed by atoms with Crippen LogP contribution in [0, 0.1) is 6.57 Å². The van der Waals surface area contributed by atoms with Crippen LogP contribution in [-0.2, 0) is 0 Å². The van der Waals surface area contributed by atoms with Gasteiger partial charge in [0.25, 0.3) is 0 Å². The van der Waals surface area contributed by atoms with Crippen LogP contribution in [0.2, 0.25) is 0 Å². The van der Waals surface area contributed by atoms with Gasteiger partial charge in [-0.3, -0.25) is 0 Å². The van der Waals surface area contributed by atoms with Gasteiger partial charge in [0.15, 0.2) is 17.5 Å². The predicted octanol–water partition coefficient (Wildman–Crippen LogP) is 13.5. The van der Waals surface area contributed by atoms with Gasteiger partial charge in [0, 0.05) is 54.7 Å². The van der Waals surface area contributed by atoms with Gasteiger partial charge in [-0.05, 0) is 60.7 Å². The Labute approximate surface area is 337 Å². The Bertz CT molecular complexity index is 3680. The van der Waals surface area contributed by atoms with E-state index in [0.29, 0.717) is 23.2 Å². The molecule has 0 bridgehead atoms. The maximum absolute atomic E-state index is 8.59. The van der Waals surface area contributed by atoms with Gasteiger partial charge < -0.3 is 13.6 Å². The number of para-hydroxylation sites is 4. The zero-order valence-electron chi connectivity index (χ0n) is 31.4. The smallest absolute Gasteiger partial charge is 0.211 e. The number of furan rings is 1. The van der Waals surface area contributed by atoms with Crippen molar-refractivity contribution in [2.24, 2.45) is 0 Å². The molecule has 0 aliphatic carbocycles. The van der Waals surface area contributed by atoms with Crippen LogP contribution in [-0.4, -0.2) is 24.1 Å². The summed E-state index contributed by atoms with van der Waals surface area (Å²) in [4.78, 5) is 19.2. The summed E-state index contributed by atoms with van der Waals surface area (Å²) in [6.45, 7) is 8.59. The maximum atomic E-state index is 8.59. The molecule has 0 aliphatic heterocycles. The summed E-state index contributed by atoms with van der Waals surface area (Å²) in [5.41, 5.74) is 10.7. The molecule has 274 valence electrons. The third-order valence-corrected chi connectivity index (χ3v) is 11.4. The van der Waals surface area contributed by atoms with Crippen molar-refractivity contribution in [3.05, 3.63) is 193 Å². The van der Waals surface area contributed by atoms with E-state index >= 15 is 0 Å². The molecule has 12 aromatic rings. The Morgan fingerprint density at radius 1 is 0.424 bits per heavy atom. The molecule has 0 unspecified atom stereocenters. The van der Waals surface area contributed by atoms with Crippen LogP contribution in [0.3, 0.4) is 0 Å². The molecule has 0 N–H and O–H groups in total. The van der Waals surface area contributed by atoms with Crippen molar-refractivity contribution in [1.29, 1.82) is 0 Å². The first-order valence-electron chi connectivity index (χ1n) is 19.5. The highest BCUT2D eigenvalue weighted by atomic mass is 16.3. The van der Waals surface area contributed by atoms with Crippen LogP contribution >= 0.6 is 0 Å². The molecule has 0 aliphatic rings. The normalized spacial score (nSPS) is 11.7. The van der Waals surface area contributed by atoms with Crippen LogP contribution in [0.4, 0.5) is 5.69 Å². The summed E-state index contributed by atoms with van der Waals surface area (Å²) in [6.07, 6.45) is 0. The highest BCUT2D eigenvalue weighted by molar-refractivity contribution is 6.26. The van der Waals surface area contributed by atoms with E-state index in [4.69, 9.17) is 25.9 Å². The Hall–Kier alpha value is -8.34. The molecule has 7 heteroatoms. The monoisotopic (exact) mass is 754 g/mol. The largest absolute Gasteiger partial charge is 0.456 e. The minimum Gasteiger partial charge on any atom is -0.456 e. The van der Waals surface area contributed by atoms with Crippen LogP contribution in [0.25, 0.3) is 116 Å². The van der Waals surface area contributed by atoms with Gasteiger partial charge in [0.1, 0.15) is 11.2 Å². The van der Waals surface area contributed by atoms with E-state index in [1.807, 2.05) is 84.9 Å². The maximum Gasteiger partial charge on any atom is 0.211 e. The van der Waals surface area contributed by atoms with E-state index in [0.717, 1.165) is 93.6 Å². The van der Waals surface area contributed by atoms with E-state index in [1.54, 1.807) is 0 Å². The number of hydrogen-bond donors (Lipinski definition) is 0. The SMILES string of the molecule is [C-]#[N+]c1cc(-c2nc(-c3ccccc3)nc(-c3ccc4c(c3)oc3ccccc34)n2)ccc1-n1c2ccccc2c2ccc3c(c4ccccc4n3-c3ccccc3)c21. The van der Waals surface area contributed by atoms with Crippen LogP contribution in [0.1, 0.15) is 0 Å². The van der Waals surface area contributed by atoms with E-state index in [2.05, 4.69) is 111 Å². The summed E-state index contributed by atoms with van der Waals surface area (Å²) >= 11 is 0. The molecule has 0 saturated carbocycles. The van der Waals surface area contributed by atoms with Gasteiger partial charge in [0.2, 0.25) is 5.69 Å². The quantitative estimate of drug-likeness (QED) is 0.164. The molecular formula is C52H30N6O.